The minimum Gasteiger partial charge on any atom is -0.486 e. The molecule has 1 atom stereocenters. The summed E-state index contributed by atoms with van der Waals surface area (Å²) >= 11 is 7.40. The second-order valence-electron chi connectivity index (χ2n) is 7.65. The fraction of sp³-hybridized carbons (Fsp3) is 0.318. The van der Waals surface area contributed by atoms with E-state index in [4.69, 9.17) is 21.1 Å². The molecule has 1 aliphatic heterocycles. The summed E-state index contributed by atoms with van der Waals surface area (Å²) in [7, 11) is 4.14. The second kappa shape index (κ2) is 9.81. The highest BCUT2D eigenvalue weighted by atomic mass is 35.5. The van der Waals surface area contributed by atoms with Gasteiger partial charge in [0.15, 0.2) is 22.5 Å². The van der Waals surface area contributed by atoms with Gasteiger partial charge in [0.05, 0.1) is 19.8 Å². The highest BCUT2D eigenvalue weighted by Crippen LogP contribution is 2.33. The van der Waals surface area contributed by atoms with Crippen LogP contribution in [0.4, 0.5) is 5.69 Å². The van der Waals surface area contributed by atoms with Gasteiger partial charge in [0.25, 0.3) is 0 Å². The minimum absolute atomic E-state index is 0.110. The van der Waals surface area contributed by atoms with Crippen LogP contribution in [-0.2, 0) is 4.79 Å². The Hall–Kier alpha value is -2.75. The highest BCUT2D eigenvalue weighted by Gasteiger charge is 2.24. The third kappa shape index (κ3) is 5.01. The number of aromatic nitrogens is 3. The zero-order chi connectivity index (χ0) is 22.7. The Morgan fingerprint density at radius 1 is 1.16 bits per heavy atom. The molecule has 1 aliphatic rings. The van der Waals surface area contributed by atoms with E-state index in [1.165, 1.54) is 16.7 Å². The number of rotatable bonds is 7. The van der Waals surface area contributed by atoms with E-state index in [9.17, 15) is 4.79 Å². The summed E-state index contributed by atoms with van der Waals surface area (Å²) < 4.78 is 13.1. The molecule has 0 radical (unpaired) electrons. The summed E-state index contributed by atoms with van der Waals surface area (Å²) in [6.07, 6.45) is 0. The summed E-state index contributed by atoms with van der Waals surface area (Å²) in [6.45, 7) is 3.12. The van der Waals surface area contributed by atoms with Gasteiger partial charge in [-0.15, -0.1) is 10.2 Å². The lowest BCUT2D eigenvalue weighted by molar-refractivity contribution is -0.890. The number of thioether (sulfide) groups is 1. The van der Waals surface area contributed by atoms with Gasteiger partial charge < -0.3 is 19.7 Å². The van der Waals surface area contributed by atoms with Crippen LogP contribution in [0, 0.1) is 0 Å². The maximum atomic E-state index is 12.6. The minimum atomic E-state index is -0.148. The largest absolute Gasteiger partial charge is 0.486 e. The van der Waals surface area contributed by atoms with Crippen molar-refractivity contribution in [3.05, 3.63) is 53.3 Å². The summed E-state index contributed by atoms with van der Waals surface area (Å²) in [5.74, 6) is 2.18. The number of quaternary nitrogens is 1. The number of amides is 1. The predicted molar refractivity (Wildman–Crippen MR) is 124 cm³/mol. The molecule has 3 aromatic rings. The maximum absolute atomic E-state index is 12.6. The van der Waals surface area contributed by atoms with Crippen molar-refractivity contribution in [2.45, 2.75) is 18.1 Å². The van der Waals surface area contributed by atoms with Crippen molar-refractivity contribution in [2.75, 3.05) is 38.4 Å². The molecule has 0 saturated heterocycles. The first-order valence-corrected chi connectivity index (χ1v) is 11.6. The second-order valence-corrected chi connectivity index (χ2v) is 9.03. The van der Waals surface area contributed by atoms with Crippen molar-refractivity contribution in [1.29, 1.82) is 0 Å². The Labute approximate surface area is 195 Å². The molecule has 168 valence electrons. The zero-order valence-corrected chi connectivity index (χ0v) is 19.7. The maximum Gasteiger partial charge on any atom is 0.234 e. The number of hydrogen-bond acceptors (Lipinski definition) is 6. The van der Waals surface area contributed by atoms with Gasteiger partial charge in [-0.05, 0) is 43.3 Å². The number of carbonyl (C=O) groups is 1. The normalized spacial score (nSPS) is 13.8. The summed E-state index contributed by atoms with van der Waals surface area (Å²) in [5.41, 5.74) is 1.56. The number of nitrogens with zero attached hydrogens (tertiary/aromatic N) is 3. The van der Waals surface area contributed by atoms with Crippen LogP contribution in [0.1, 0.15) is 18.8 Å². The summed E-state index contributed by atoms with van der Waals surface area (Å²) in [6, 6.07) is 13.0. The third-order valence-electron chi connectivity index (χ3n) is 5.15. The molecular formula is C22H25ClN5O3S+. The van der Waals surface area contributed by atoms with E-state index in [1.54, 1.807) is 18.2 Å². The number of hydrogen-bond donors (Lipinski definition) is 2. The molecule has 0 fully saturated rings. The van der Waals surface area contributed by atoms with Crippen molar-refractivity contribution < 1.29 is 19.2 Å². The number of halogens is 1. The standard InChI is InChI=1S/C22H24ClN5O3S/c1-14(27(2)3)21-25-26-22(28(21)17-7-4-15(23)5-8-17)32-13-20(29)24-16-6-9-18-19(12-16)31-11-10-30-18/h4-9,12,14H,10-11,13H2,1-3H3,(H,24,29)/p+1/t14-/m0/s1. The lowest BCUT2D eigenvalue weighted by Crippen LogP contribution is -3.05. The van der Waals surface area contributed by atoms with Crippen LogP contribution in [0.15, 0.2) is 47.6 Å². The average molecular weight is 475 g/mol. The van der Waals surface area contributed by atoms with Crippen LogP contribution in [0.3, 0.4) is 0 Å². The topological polar surface area (TPSA) is 82.7 Å². The quantitative estimate of drug-likeness (QED) is 0.512. The number of benzene rings is 2. The van der Waals surface area contributed by atoms with E-state index in [0.29, 0.717) is 40.6 Å². The van der Waals surface area contributed by atoms with Crippen LogP contribution >= 0.6 is 23.4 Å². The van der Waals surface area contributed by atoms with Crippen LogP contribution < -0.4 is 19.7 Å². The van der Waals surface area contributed by atoms with Gasteiger partial charge in [-0.1, -0.05) is 23.4 Å². The van der Waals surface area contributed by atoms with Crippen molar-refractivity contribution in [2.24, 2.45) is 0 Å². The Kier molecular flexibility index (Phi) is 6.88. The Morgan fingerprint density at radius 2 is 1.88 bits per heavy atom. The van der Waals surface area contributed by atoms with E-state index in [2.05, 4.69) is 36.5 Å². The van der Waals surface area contributed by atoms with Gasteiger partial charge >= 0.3 is 0 Å². The van der Waals surface area contributed by atoms with Crippen LogP contribution in [-0.4, -0.2) is 53.7 Å². The molecule has 8 nitrogen and oxygen atoms in total. The lowest BCUT2D eigenvalue weighted by atomic mass is 10.2. The van der Waals surface area contributed by atoms with Crippen LogP contribution in [0.5, 0.6) is 11.5 Å². The number of nitrogens with one attached hydrogen (secondary N) is 2. The molecule has 0 bridgehead atoms. The number of fused-ring (bicyclic) bond motifs is 1. The Morgan fingerprint density at radius 3 is 2.59 bits per heavy atom. The molecular weight excluding hydrogens is 450 g/mol. The van der Waals surface area contributed by atoms with Gasteiger partial charge in [-0.3, -0.25) is 9.36 Å². The molecule has 2 aromatic carbocycles. The SMILES string of the molecule is C[C@@H](c1nnc(SCC(=O)Nc2ccc3c(c2)OCCO3)n1-c1ccc(Cl)cc1)[NH+](C)C. The van der Waals surface area contributed by atoms with E-state index < -0.39 is 0 Å². The smallest absolute Gasteiger partial charge is 0.234 e. The van der Waals surface area contributed by atoms with Gasteiger partial charge in [-0.2, -0.15) is 0 Å². The highest BCUT2D eigenvalue weighted by molar-refractivity contribution is 7.99. The molecule has 0 saturated carbocycles. The predicted octanol–water partition coefficient (Wildman–Crippen LogP) is 2.63. The van der Waals surface area contributed by atoms with Crippen LogP contribution in [0.25, 0.3) is 5.69 Å². The van der Waals surface area contributed by atoms with Crippen molar-refractivity contribution in [3.8, 4) is 17.2 Å². The first kappa shape index (κ1) is 22.4. The van der Waals surface area contributed by atoms with Crippen LogP contribution in [0.2, 0.25) is 5.02 Å². The molecule has 1 aromatic heterocycles. The monoisotopic (exact) mass is 474 g/mol. The number of ether oxygens (including phenoxy) is 2. The molecule has 2 N–H and O–H groups in total. The molecule has 1 amide bonds. The van der Waals surface area contributed by atoms with Gasteiger partial charge in [0.2, 0.25) is 5.91 Å². The molecule has 4 rings (SSSR count). The van der Waals surface area contributed by atoms with E-state index in [-0.39, 0.29) is 17.7 Å². The molecule has 0 spiro atoms. The number of carbonyl (C=O) groups excluding carboxylic acids is 1. The fourth-order valence-electron chi connectivity index (χ4n) is 3.19. The Balaban J connectivity index is 1.50. The van der Waals surface area contributed by atoms with E-state index in [1.807, 2.05) is 28.8 Å². The van der Waals surface area contributed by atoms with Gasteiger partial charge in [0.1, 0.15) is 19.3 Å². The molecule has 32 heavy (non-hydrogen) atoms. The fourth-order valence-corrected chi connectivity index (χ4v) is 4.08. The van der Waals surface area contributed by atoms with E-state index in [0.717, 1.165) is 11.5 Å². The van der Waals surface area contributed by atoms with E-state index >= 15 is 0 Å². The molecule has 0 unspecified atom stereocenters. The molecule has 10 heteroatoms. The Bertz CT molecular complexity index is 1100. The average Bonchev–Trinajstić information content (AvgIpc) is 3.21. The first-order valence-electron chi connectivity index (χ1n) is 10.3. The summed E-state index contributed by atoms with van der Waals surface area (Å²) in [5, 5.41) is 13.0. The molecule has 2 heterocycles. The summed E-state index contributed by atoms with van der Waals surface area (Å²) in [4.78, 5) is 13.8. The lowest BCUT2D eigenvalue weighted by Gasteiger charge is -2.19. The van der Waals surface area contributed by atoms with Crippen molar-refractivity contribution >= 4 is 35.0 Å². The third-order valence-corrected chi connectivity index (χ3v) is 6.34. The van der Waals surface area contributed by atoms with Crippen molar-refractivity contribution in [3.63, 3.8) is 0 Å². The number of anilines is 1. The molecule has 0 aliphatic carbocycles. The van der Waals surface area contributed by atoms with Gasteiger partial charge in [-0.25, -0.2) is 0 Å². The van der Waals surface area contributed by atoms with Gasteiger partial charge in [0, 0.05) is 22.5 Å². The first-order chi connectivity index (χ1) is 15.4. The van der Waals surface area contributed by atoms with Crippen molar-refractivity contribution in [1.82, 2.24) is 14.8 Å². The zero-order valence-electron chi connectivity index (χ0n) is 18.1.